The van der Waals surface area contributed by atoms with Crippen LogP contribution in [0.5, 0.6) is 0 Å². The first-order valence-corrected chi connectivity index (χ1v) is 5.83. The molecule has 2 atom stereocenters. The zero-order valence-corrected chi connectivity index (χ0v) is 9.87. The Morgan fingerprint density at radius 1 is 1.61 bits per heavy atom. The predicted molar refractivity (Wildman–Crippen MR) is 62.9 cm³/mol. The Morgan fingerprint density at radius 2 is 2.44 bits per heavy atom. The first kappa shape index (κ1) is 12.9. The van der Waals surface area contributed by atoms with Gasteiger partial charge in [0.1, 0.15) is 5.69 Å². The highest BCUT2D eigenvalue weighted by Crippen LogP contribution is 2.09. The Kier molecular flexibility index (Phi) is 4.24. The summed E-state index contributed by atoms with van der Waals surface area (Å²) < 4.78 is 5.09. The summed E-state index contributed by atoms with van der Waals surface area (Å²) in [5, 5.41) is 21.4. The normalized spacial score (nSPS) is 23.7. The lowest BCUT2D eigenvalue weighted by Crippen LogP contribution is -2.48. The van der Waals surface area contributed by atoms with E-state index in [1.165, 1.54) is 12.3 Å². The van der Waals surface area contributed by atoms with E-state index in [4.69, 9.17) is 9.84 Å². The van der Waals surface area contributed by atoms with Gasteiger partial charge in [-0.1, -0.05) is 0 Å². The molecule has 98 valence electrons. The van der Waals surface area contributed by atoms with E-state index in [0.717, 1.165) is 0 Å². The SMILES string of the molecule is O=C(N[C@H]1CCOC[C@@H]1O)c1cc(CO)ccn1. The van der Waals surface area contributed by atoms with Crippen LogP contribution >= 0.6 is 0 Å². The highest BCUT2D eigenvalue weighted by atomic mass is 16.5. The number of aliphatic hydroxyl groups is 2. The van der Waals surface area contributed by atoms with Gasteiger partial charge in [0.2, 0.25) is 0 Å². The molecule has 1 aliphatic rings. The molecule has 18 heavy (non-hydrogen) atoms. The lowest BCUT2D eigenvalue weighted by Gasteiger charge is -2.28. The Balaban J connectivity index is 2.02. The van der Waals surface area contributed by atoms with Crippen LogP contribution in [0, 0.1) is 0 Å². The van der Waals surface area contributed by atoms with Crippen molar-refractivity contribution in [2.24, 2.45) is 0 Å². The summed E-state index contributed by atoms with van der Waals surface area (Å²) in [5.41, 5.74) is 0.864. The molecule has 1 fully saturated rings. The number of nitrogens with one attached hydrogen (secondary N) is 1. The van der Waals surface area contributed by atoms with Crippen LogP contribution in [0.4, 0.5) is 0 Å². The van der Waals surface area contributed by atoms with Crippen LogP contribution in [0.3, 0.4) is 0 Å². The van der Waals surface area contributed by atoms with E-state index in [0.29, 0.717) is 18.6 Å². The third kappa shape index (κ3) is 3.04. The fraction of sp³-hybridized carbons (Fsp3) is 0.500. The van der Waals surface area contributed by atoms with Crippen LogP contribution in [-0.4, -0.2) is 46.5 Å². The van der Waals surface area contributed by atoms with Gasteiger partial charge in [-0.15, -0.1) is 0 Å². The van der Waals surface area contributed by atoms with E-state index in [-0.39, 0.29) is 30.9 Å². The van der Waals surface area contributed by atoms with Crippen LogP contribution < -0.4 is 5.32 Å². The van der Waals surface area contributed by atoms with Gasteiger partial charge < -0.3 is 20.3 Å². The van der Waals surface area contributed by atoms with Crippen LogP contribution in [0.15, 0.2) is 18.3 Å². The summed E-state index contributed by atoms with van der Waals surface area (Å²) in [6, 6.07) is 2.85. The topological polar surface area (TPSA) is 91.7 Å². The van der Waals surface area contributed by atoms with Crippen LogP contribution in [0.1, 0.15) is 22.5 Å². The fourth-order valence-electron chi connectivity index (χ4n) is 1.83. The summed E-state index contributed by atoms with van der Waals surface area (Å²) in [6.45, 7) is 0.615. The summed E-state index contributed by atoms with van der Waals surface area (Å²) in [4.78, 5) is 15.9. The number of pyridine rings is 1. The van der Waals surface area contributed by atoms with Gasteiger partial charge in [0.15, 0.2) is 0 Å². The Labute approximate surface area is 105 Å². The van der Waals surface area contributed by atoms with Crippen molar-refractivity contribution < 1.29 is 19.7 Å². The summed E-state index contributed by atoms with van der Waals surface area (Å²) >= 11 is 0. The average molecular weight is 252 g/mol. The van der Waals surface area contributed by atoms with E-state index in [2.05, 4.69) is 10.3 Å². The van der Waals surface area contributed by atoms with Crippen molar-refractivity contribution in [1.29, 1.82) is 0 Å². The second-order valence-corrected chi connectivity index (χ2v) is 4.22. The third-order valence-corrected chi connectivity index (χ3v) is 2.88. The van der Waals surface area contributed by atoms with Crippen molar-refractivity contribution in [1.82, 2.24) is 10.3 Å². The third-order valence-electron chi connectivity index (χ3n) is 2.88. The van der Waals surface area contributed by atoms with Crippen molar-refractivity contribution in [2.45, 2.75) is 25.2 Å². The monoisotopic (exact) mass is 252 g/mol. The van der Waals surface area contributed by atoms with Gasteiger partial charge in [-0.25, -0.2) is 0 Å². The lowest BCUT2D eigenvalue weighted by molar-refractivity contribution is -0.0261. The highest BCUT2D eigenvalue weighted by Gasteiger charge is 2.25. The number of hydrogen-bond acceptors (Lipinski definition) is 5. The van der Waals surface area contributed by atoms with E-state index < -0.39 is 6.10 Å². The first-order valence-electron chi connectivity index (χ1n) is 5.83. The second kappa shape index (κ2) is 5.90. The Hall–Kier alpha value is -1.50. The predicted octanol–water partition coefficient (Wildman–Crippen LogP) is -0.547. The minimum absolute atomic E-state index is 0.136. The maximum absolute atomic E-state index is 11.9. The lowest BCUT2D eigenvalue weighted by atomic mass is 10.1. The molecular formula is C12H16N2O4. The zero-order valence-electron chi connectivity index (χ0n) is 9.87. The molecule has 1 aromatic rings. The van der Waals surface area contributed by atoms with Gasteiger partial charge in [-0.05, 0) is 24.1 Å². The molecule has 1 amide bonds. The second-order valence-electron chi connectivity index (χ2n) is 4.22. The van der Waals surface area contributed by atoms with Crippen LogP contribution in [-0.2, 0) is 11.3 Å². The largest absolute Gasteiger partial charge is 0.392 e. The molecule has 0 saturated carbocycles. The highest BCUT2D eigenvalue weighted by molar-refractivity contribution is 5.92. The maximum atomic E-state index is 11.9. The summed E-state index contributed by atoms with van der Waals surface area (Å²) in [6.07, 6.45) is 1.36. The van der Waals surface area contributed by atoms with Gasteiger partial charge in [0.25, 0.3) is 5.91 Å². The molecule has 0 bridgehead atoms. The number of amides is 1. The Morgan fingerprint density at radius 3 is 3.17 bits per heavy atom. The number of rotatable bonds is 3. The van der Waals surface area contributed by atoms with E-state index >= 15 is 0 Å². The van der Waals surface area contributed by atoms with Gasteiger partial charge in [-0.3, -0.25) is 9.78 Å². The van der Waals surface area contributed by atoms with Crippen molar-refractivity contribution in [2.75, 3.05) is 13.2 Å². The van der Waals surface area contributed by atoms with Crippen LogP contribution in [0.25, 0.3) is 0 Å². The average Bonchev–Trinajstić information content (AvgIpc) is 2.41. The molecule has 0 spiro atoms. The standard InChI is InChI=1S/C12H16N2O4/c15-6-8-1-3-13-10(5-8)12(17)14-9-2-4-18-7-11(9)16/h1,3,5,9,11,15-16H,2,4,6-7H2,(H,14,17)/t9-,11-/m0/s1. The smallest absolute Gasteiger partial charge is 0.270 e. The molecule has 0 unspecified atom stereocenters. The molecule has 1 aliphatic heterocycles. The fourth-order valence-corrected chi connectivity index (χ4v) is 1.83. The molecule has 1 saturated heterocycles. The quantitative estimate of drug-likeness (QED) is 0.671. The summed E-state index contributed by atoms with van der Waals surface area (Å²) in [5.74, 6) is -0.351. The molecular weight excluding hydrogens is 236 g/mol. The van der Waals surface area contributed by atoms with Gasteiger partial charge in [-0.2, -0.15) is 0 Å². The number of ether oxygens (including phenoxy) is 1. The van der Waals surface area contributed by atoms with E-state index in [9.17, 15) is 9.90 Å². The van der Waals surface area contributed by atoms with Crippen molar-refractivity contribution in [3.63, 3.8) is 0 Å². The molecule has 2 rings (SSSR count). The number of aliphatic hydroxyl groups excluding tert-OH is 2. The minimum Gasteiger partial charge on any atom is -0.392 e. The Bertz CT molecular complexity index is 424. The maximum Gasteiger partial charge on any atom is 0.270 e. The number of hydrogen-bond donors (Lipinski definition) is 3. The van der Waals surface area contributed by atoms with Crippen molar-refractivity contribution in [3.05, 3.63) is 29.6 Å². The number of carbonyl (C=O) groups is 1. The molecule has 0 radical (unpaired) electrons. The molecule has 6 nitrogen and oxygen atoms in total. The number of carbonyl (C=O) groups excluding carboxylic acids is 1. The molecule has 6 heteroatoms. The number of nitrogens with zero attached hydrogens (tertiary/aromatic N) is 1. The number of aromatic nitrogens is 1. The molecule has 0 aromatic carbocycles. The minimum atomic E-state index is -0.691. The van der Waals surface area contributed by atoms with Crippen LogP contribution in [0.2, 0.25) is 0 Å². The molecule has 0 aliphatic carbocycles. The molecule has 2 heterocycles. The van der Waals surface area contributed by atoms with Gasteiger partial charge in [0.05, 0.1) is 25.4 Å². The van der Waals surface area contributed by atoms with Crippen molar-refractivity contribution >= 4 is 5.91 Å². The van der Waals surface area contributed by atoms with Crippen molar-refractivity contribution in [3.8, 4) is 0 Å². The van der Waals surface area contributed by atoms with E-state index in [1.807, 2.05) is 0 Å². The summed E-state index contributed by atoms with van der Waals surface area (Å²) in [7, 11) is 0. The first-order chi connectivity index (χ1) is 8.70. The van der Waals surface area contributed by atoms with E-state index in [1.54, 1.807) is 6.07 Å². The molecule has 3 N–H and O–H groups in total. The molecule has 1 aromatic heterocycles. The zero-order chi connectivity index (χ0) is 13.0. The van der Waals surface area contributed by atoms with Gasteiger partial charge >= 0.3 is 0 Å². The van der Waals surface area contributed by atoms with Gasteiger partial charge in [0, 0.05) is 12.8 Å².